The second kappa shape index (κ2) is 14.4. The Kier molecular flexibility index (Phi) is 10.1. The fourth-order valence-electron chi connectivity index (χ4n) is 6.57. The molecule has 1 amide bonds. The van der Waals surface area contributed by atoms with Crippen LogP contribution in [0.15, 0.2) is 75.2 Å². The lowest BCUT2D eigenvalue weighted by atomic mass is 10.0. The van der Waals surface area contributed by atoms with Crippen LogP contribution in [-0.4, -0.2) is 55.2 Å². The van der Waals surface area contributed by atoms with Crippen molar-refractivity contribution in [2.75, 3.05) is 36.0 Å². The van der Waals surface area contributed by atoms with Crippen molar-refractivity contribution in [3.8, 4) is 11.8 Å². The fraction of sp³-hybridized carbons (Fsp3) is 0.324. The number of anilines is 2. The summed E-state index contributed by atoms with van der Waals surface area (Å²) in [6, 6.07) is 21.7. The maximum absolute atomic E-state index is 14.2. The lowest BCUT2D eigenvalue weighted by Gasteiger charge is -2.38. The summed E-state index contributed by atoms with van der Waals surface area (Å²) in [5.74, 6) is 0.297. The van der Waals surface area contributed by atoms with Gasteiger partial charge in [-0.2, -0.15) is 5.26 Å². The number of amides is 1. The molecule has 252 valence electrons. The minimum atomic E-state index is -0.413. The van der Waals surface area contributed by atoms with Gasteiger partial charge in [-0.05, 0) is 49.6 Å². The van der Waals surface area contributed by atoms with Crippen molar-refractivity contribution < 1.29 is 4.79 Å². The number of nitrogens with zero attached hydrogens (tertiary/aromatic N) is 7. The minimum absolute atomic E-state index is 0.0638. The molecule has 0 aliphatic carbocycles. The molecule has 0 saturated carbocycles. The first-order valence-electron chi connectivity index (χ1n) is 16.5. The zero-order valence-corrected chi connectivity index (χ0v) is 29.8. The summed E-state index contributed by atoms with van der Waals surface area (Å²) in [5, 5.41) is 10.1. The van der Waals surface area contributed by atoms with Crippen molar-refractivity contribution in [1.29, 1.82) is 5.26 Å². The predicted octanol–water partition coefficient (Wildman–Crippen LogP) is 5.35. The highest BCUT2D eigenvalue weighted by molar-refractivity contribution is 8.27. The lowest BCUT2D eigenvalue weighted by molar-refractivity contribution is -0.113. The number of aromatic nitrogens is 3. The number of thiocarbonyl (C=S) groups is 1. The first-order chi connectivity index (χ1) is 23.7. The van der Waals surface area contributed by atoms with E-state index in [9.17, 15) is 19.6 Å². The van der Waals surface area contributed by atoms with Crippen molar-refractivity contribution in [1.82, 2.24) is 18.8 Å². The molecule has 4 heterocycles. The maximum atomic E-state index is 14.2. The Bertz CT molecular complexity index is 2100. The van der Waals surface area contributed by atoms with E-state index in [1.165, 1.54) is 15.1 Å². The lowest BCUT2D eigenvalue weighted by Crippen LogP contribution is -2.48. The topological polar surface area (TPSA) is 99.5 Å². The van der Waals surface area contributed by atoms with Gasteiger partial charge in [-0.3, -0.25) is 33.4 Å². The third-order valence-corrected chi connectivity index (χ3v) is 10.6. The molecule has 2 aliphatic heterocycles. The van der Waals surface area contributed by atoms with Gasteiger partial charge < -0.3 is 4.90 Å². The summed E-state index contributed by atoms with van der Waals surface area (Å²) >= 11 is 6.86. The van der Waals surface area contributed by atoms with Gasteiger partial charge in [0.2, 0.25) is 0 Å². The SMILES string of the molecule is CCCCn1c(N2CCN(Cc3ccccc3)CC2)c(C=C2SC(=S)N(c3c(C)n(C)n(-c4ccccc4)c3=O)C2=O)c(C)c(C#N)c1=O. The average molecular weight is 694 g/mol. The Labute approximate surface area is 295 Å². The van der Waals surface area contributed by atoms with Gasteiger partial charge in [-0.15, -0.1) is 0 Å². The van der Waals surface area contributed by atoms with Crippen LogP contribution in [0.25, 0.3) is 11.8 Å². The molecular formula is C37H39N7O3S2. The summed E-state index contributed by atoms with van der Waals surface area (Å²) in [5.41, 5.74) is 3.28. The summed E-state index contributed by atoms with van der Waals surface area (Å²) in [6.07, 6.45) is 3.39. The van der Waals surface area contributed by atoms with E-state index in [1.54, 1.807) is 36.2 Å². The van der Waals surface area contributed by atoms with Crippen LogP contribution >= 0.6 is 24.0 Å². The molecule has 0 atom stereocenters. The molecule has 2 aromatic heterocycles. The highest BCUT2D eigenvalue weighted by atomic mass is 32.2. The molecule has 12 heteroatoms. The highest BCUT2D eigenvalue weighted by Crippen LogP contribution is 2.38. The number of para-hydroxylation sites is 1. The van der Waals surface area contributed by atoms with E-state index in [4.69, 9.17) is 12.2 Å². The molecule has 2 fully saturated rings. The van der Waals surface area contributed by atoms with E-state index in [-0.39, 0.29) is 26.7 Å². The van der Waals surface area contributed by atoms with Gasteiger partial charge in [0, 0.05) is 51.9 Å². The Hall–Kier alpha value is -4.70. The third-order valence-electron chi connectivity index (χ3n) is 9.32. The first kappa shape index (κ1) is 34.2. The summed E-state index contributed by atoms with van der Waals surface area (Å²) in [7, 11) is 1.78. The molecule has 0 N–H and O–H groups in total. The standard InChI is InChI=1S/C37H39N7O3S2/c1-5-6-17-42-33(41-20-18-40(19-21-41)24-27-13-9-7-10-14-27)29(25(2)30(23-38)34(42)45)22-31-35(46)43(37(48)49-31)32-26(3)39(4)44(36(32)47)28-15-11-8-12-16-28/h7-16,22H,5-6,17-21,24H2,1-4H3. The molecule has 0 spiro atoms. The van der Waals surface area contributed by atoms with Gasteiger partial charge in [-0.25, -0.2) is 4.68 Å². The number of benzene rings is 2. The largest absolute Gasteiger partial charge is 0.355 e. The quantitative estimate of drug-likeness (QED) is 0.171. The van der Waals surface area contributed by atoms with Crippen molar-refractivity contribution in [3.63, 3.8) is 0 Å². The van der Waals surface area contributed by atoms with Gasteiger partial charge in [0.25, 0.3) is 17.0 Å². The first-order valence-corrected chi connectivity index (χ1v) is 17.7. The molecule has 0 radical (unpaired) electrons. The summed E-state index contributed by atoms with van der Waals surface area (Å²) in [4.78, 5) is 48.1. The summed E-state index contributed by atoms with van der Waals surface area (Å²) in [6.45, 7) is 9.85. The number of carbonyl (C=O) groups excluding carboxylic acids is 1. The number of nitriles is 1. The molecule has 0 bridgehead atoms. The second-order valence-corrected chi connectivity index (χ2v) is 14.0. The second-order valence-electron chi connectivity index (χ2n) is 12.3. The van der Waals surface area contributed by atoms with Crippen LogP contribution in [0.2, 0.25) is 0 Å². The molecule has 4 aromatic rings. The van der Waals surface area contributed by atoms with Crippen molar-refractivity contribution in [3.05, 3.63) is 114 Å². The molecule has 2 aliphatic rings. The number of pyridine rings is 1. The number of hydrogen-bond acceptors (Lipinski definition) is 8. The van der Waals surface area contributed by atoms with Gasteiger partial charge in [-0.1, -0.05) is 85.9 Å². The normalized spacial score (nSPS) is 16.2. The van der Waals surface area contributed by atoms with Gasteiger partial charge >= 0.3 is 0 Å². The third kappa shape index (κ3) is 6.41. The molecule has 10 nitrogen and oxygen atoms in total. The average Bonchev–Trinajstić information content (AvgIpc) is 3.50. The van der Waals surface area contributed by atoms with E-state index in [2.05, 4.69) is 34.9 Å². The van der Waals surface area contributed by atoms with Crippen molar-refractivity contribution in [2.45, 2.75) is 46.7 Å². The fourth-order valence-corrected chi connectivity index (χ4v) is 7.82. The highest BCUT2D eigenvalue weighted by Gasteiger charge is 2.38. The predicted molar refractivity (Wildman–Crippen MR) is 200 cm³/mol. The van der Waals surface area contributed by atoms with Crippen LogP contribution in [0.4, 0.5) is 11.5 Å². The number of thioether (sulfide) groups is 1. The van der Waals surface area contributed by atoms with E-state index >= 15 is 0 Å². The number of hydrogen-bond donors (Lipinski definition) is 0. The van der Waals surface area contributed by atoms with Gasteiger partial charge in [0.05, 0.1) is 16.3 Å². The smallest absolute Gasteiger partial charge is 0.296 e. The Morgan fingerprint density at radius 3 is 2.22 bits per heavy atom. The van der Waals surface area contributed by atoms with Crippen LogP contribution < -0.4 is 20.9 Å². The van der Waals surface area contributed by atoms with Crippen LogP contribution in [0.1, 0.15) is 47.7 Å². The number of rotatable bonds is 9. The summed E-state index contributed by atoms with van der Waals surface area (Å²) < 4.78 is 5.21. The van der Waals surface area contributed by atoms with E-state index in [0.29, 0.717) is 52.9 Å². The van der Waals surface area contributed by atoms with Crippen LogP contribution in [0, 0.1) is 25.2 Å². The molecular weight excluding hydrogens is 655 g/mol. The van der Waals surface area contributed by atoms with E-state index in [0.717, 1.165) is 44.2 Å². The minimum Gasteiger partial charge on any atom is -0.355 e. The number of piperazine rings is 1. The number of carbonyl (C=O) groups is 1. The van der Waals surface area contributed by atoms with Crippen LogP contribution in [0.3, 0.4) is 0 Å². The molecule has 0 unspecified atom stereocenters. The van der Waals surface area contributed by atoms with E-state index in [1.807, 2.05) is 48.5 Å². The van der Waals surface area contributed by atoms with Crippen LogP contribution in [0.5, 0.6) is 0 Å². The van der Waals surface area contributed by atoms with Crippen molar-refractivity contribution >= 4 is 51.8 Å². The number of unbranched alkanes of at least 4 members (excludes halogenated alkanes) is 1. The molecule has 49 heavy (non-hydrogen) atoms. The van der Waals surface area contributed by atoms with E-state index < -0.39 is 5.91 Å². The molecule has 2 aromatic carbocycles. The van der Waals surface area contributed by atoms with Crippen LogP contribution in [-0.2, 0) is 24.9 Å². The monoisotopic (exact) mass is 693 g/mol. The molecule has 2 saturated heterocycles. The van der Waals surface area contributed by atoms with Gasteiger partial charge in [0.15, 0.2) is 4.32 Å². The maximum Gasteiger partial charge on any atom is 0.296 e. The Morgan fingerprint density at radius 2 is 1.59 bits per heavy atom. The zero-order valence-electron chi connectivity index (χ0n) is 28.2. The Balaban J connectivity index is 1.41. The molecule has 6 rings (SSSR count). The Morgan fingerprint density at radius 1 is 0.939 bits per heavy atom. The van der Waals surface area contributed by atoms with Gasteiger partial charge in [0.1, 0.15) is 23.1 Å². The van der Waals surface area contributed by atoms with Crippen molar-refractivity contribution in [2.24, 2.45) is 7.05 Å². The zero-order chi connectivity index (χ0) is 34.8.